The smallest absolute Gasteiger partial charge is 0.398 e. The number of hydrogen-bond acceptors (Lipinski definition) is 1. The van der Waals surface area contributed by atoms with Gasteiger partial charge < -0.3 is 5.73 Å². The molecule has 0 saturated carbocycles. The largest absolute Gasteiger partial charge is 0.416 e. The third-order valence-electron chi connectivity index (χ3n) is 1.61. The van der Waals surface area contributed by atoms with E-state index in [9.17, 15) is 13.2 Å². The molecule has 0 bridgehead atoms. The van der Waals surface area contributed by atoms with Crippen LogP contribution in [0.2, 0.25) is 0 Å². The molecule has 0 aliphatic heterocycles. The zero-order valence-electron chi connectivity index (χ0n) is 6.94. The predicted octanol–water partition coefficient (Wildman–Crippen LogP) is 3.45. The summed E-state index contributed by atoms with van der Waals surface area (Å²) in [6.45, 7) is 0. The van der Waals surface area contributed by atoms with Gasteiger partial charge in [-0.3, -0.25) is 0 Å². The molecule has 1 rings (SSSR count). The van der Waals surface area contributed by atoms with Gasteiger partial charge in [0.2, 0.25) is 0 Å². The summed E-state index contributed by atoms with van der Waals surface area (Å²) < 4.78 is 36.5. The molecule has 0 aliphatic rings. The van der Waals surface area contributed by atoms with E-state index in [0.29, 0.717) is 5.56 Å². The molecule has 0 fully saturated rings. The lowest BCUT2D eigenvalue weighted by molar-refractivity contribution is -0.137. The normalized spacial score (nSPS) is 10.9. The molecular formula is C8H8Cl2F3N. The topological polar surface area (TPSA) is 26.0 Å². The van der Waals surface area contributed by atoms with Gasteiger partial charge in [0.1, 0.15) is 0 Å². The van der Waals surface area contributed by atoms with Crippen molar-refractivity contribution in [2.24, 2.45) is 0 Å². The van der Waals surface area contributed by atoms with Crippen molar-refractivity contribution in [2.45, 2.75) is 12.1 Å². The first kappa shape index (κ1) is 13.4. The summed E-state index contributed by atoms with van der Waals surface area (Å²) >= 11 is 5.41. The summed E-state index contributed by atoms with van der Waals surface area (Å²) in [4.78, 5) is 0. The van der Waals surface area contributed by atoms with Crippen LogP contribution in [0.1, 0.15) is 11.1 Å². The molecule has 0 spiro atoms. The maximum absolute atomic E-state index is 12.2. The van der Waals surface area contributed by atoms with E-state index in [-0.39, 0.29) is 24.0 Å². The van der Waals surface area contributed by atoms with Gasteiger partial charge >= 0.3 is 6.18 Å². The second kappa shape index (κ2) is 4.75. The second-order valence-electron chi connectivity index (χ2n) is 2.54. The Labute approximate surface area is 90.5 Å². The Morgan fingerprint density at radius 2 is 1.86 bits per heavy atom. The number of nitrogen functional groups attached to an aromatic ring is 1. The fourth-order valence-electron chi connectivity index (χ4n) is 0.898. The Kier molecular flexibility index (Phi) is 4.55. The molecule has 0 aliphatic carbocycles. The van der Waals surface area contributed by atoms with Crippen LogP contribution in [0.3, 0.4) is 0 Å². The van der Waals surface area contributed by atoms with Crippen LogP contribution in [0.5, 0.6) is 0 Å². The highest BCUT2D eigenvalue weighted by Crippen LogP contribution is 2.31. The van der Waals surface area contributed by atoms with Crippen molar-refractivity contribution in [2.75, 3.05) is 5.73 Å². The SMILES string of the molecule is Cl.Nc1ccc(C(F)(F)F)cc1CCl. The molecule has 1 aromatic rings. The number of hydrogen-bond donors (Lipinski definition) is 1. The molecule has 0 aromatic heterocycles. The molecule has 0 unspecified atom stereocenters. The van der Waals surface area contributed by atoms with Crippen molar-refractivity contribution in [3.05, 3.63) is 29.3 Å². The maximum Gasteiger partial charge on any atom is 0.416 e. The zero-order chi connectivity index (χ0) is 10.1. The zero-order valence-corrected chi connectivity index (χ0v) is 8.51. The minimum absolute atomic E-state index is 0. The Morgan fingerprint density at radius 3 is 2.29 bits per heavy atom. The fourth-order valence-corrected chi connectivity index (χ4v) is 1.13. The Balaban J connectivity index is 0.00000169. The summed E-state index contributed by atoms with van der Waals surface area (Å²) in [7, 11) is 0. The Hall–Kier alpha value is -0.610. The van der Waals surface area contributed by atoms with Gasteiger partial charge in [-0.25, -0.2) is 0 Å². The predicted molar refractivity (Wildman–Crippen MR) is 52.7 cm³/mol. The maximum atomic E-state index is 12.2. The second-order valence-corrected chi connectivity index (χ2v) is 2.81. The van der Waals surface area contributed by atoms with Crippen molar-refractivity contribution in [1.29, 1.82) is 0 Å². The highest BCUT2D eigenvalue weighted by Gasteiger charge is 2.30. The first-order valence-corrected chi connectivity index (χ1v) is 4.00. The molecule has 0 atom stereocenters. The Morgan fingerprint density at radius 1 is 1.29 bits per heavy atom. The van der Waals surface area contributed by atoms with Gasteiger partial charge in [0.15, 0.2) is 0 Å². The molecule has 0 radical (unpaired) electrons. The number of halogens is 5. The lowest BCUT2D eigenvalue weighted by Gasteiger charge is -2.09. The van der Waals surface area contributed by atoms with Crippen LogP contribution in [-0.2, 0) is 12.1 Å². The quantitative estimate of drug-likeness (QED) is 0.596. The van der Waals surface area contributed by atoms with E-state index < -0.39 is 11.7 Å². The minimum atomic E-state index is -4.34. The van der Waals surface area contributed by atoms with Gasteiger partial charge in [0.05, 0.1) is 5.56 Å². The monoisotopic (exact) mass is 245 g/mol. The number of benzene rings is 1. The standard InChI is InChI=1S/C8H7ClF3N.ClH/c9-4-5-3-6(8(10,11)12)1-2-7(5)13;/h1-3H,4,13H2;1H. The van der Waals surface area contributed by atoms with Crippen LogP contribution in [0.25, 0.3) is 0 Å². The van der Waals surface area contributed by atoms with E-state index in [4.69, 9.17) is 17.3 Å². The van der Waals surface area contributed by atoms with Crippen LogP contribution < -0.4 is 5.73 Å². The van der Waals surface area contributed by atoms with Crippen molar-refractivity contribution < 1.29 is 13.2 Å². The first-order valence-electron chi connectivity index (χ1n) is 3.46. The number of anilines is 1. The van der Waals surface area contributed by atoms with E-state index in [0.717, 1.165) is 12.1 Å². The summed E-state index contributed by atoms with van der Waals surface area (Å²) in [5, 5.41) is 0. The molecule has 0 heterocycles. The van der Waals surface area contributed by atoms with Crippen LogP contribution in [0.15, 0.2) is 18.2 Å². The van der Waals surface area contributed by atoms with Crippen LogP contribution in [0, 0.1) is 0 Å². The summed E-state index contributed by atoms with van der Waals surface area (Å²) in [6.07, 6.45) is -4.34. The van der Waals surface area contributed by atoms with E-state index in [1.807, 2.05) is 0 Å². The van der Waals surface area contributed by atoms with Gasteiger partial charge in [0, 0.05) is 11.6 Å². The summed E-state index contributed by atoms with van der Waals surface area (Å²) in [5.41, 5.74) is 5.25. The number of rotatable bonds is 1. The lowest BCUT2D eigenvalue weighted by atomic mass is 10.1. The molecule has 0 saturated heterocycles. The van der Waals surface area contributed by atoms with Gasteiger partial charge in [0.25, 0.3) is 0 Å². The van der Waals surface area contributed by atoms with Crippen LogP contribution >= 0.6 is 24.0 Å². The van der Waals surface area contributed by atoms with E-state index in [1.54, 1.807) is 0 Å². The molecule has 14 heavy (non-hydrogen) atoms. The third-order valence-corrected chi connectivity index (χ3v) is 1.90. The molecule has 1 nitrogen and oxygen atoms in total. The molecule has 80 valence electrons. The van der Waals surface area contributed by atoms with Crippen molar-refractivity contribution in [3.63, 3.8) is 0 Å². The molecule has 0 amide bonds. The van der Waals surface area contributed by atoms with Gasteiger partial charge in [-0.05, 0) is 23.8 Å². The summed E-state index contributed by atoms with van der Waals surface area (Å²) in [5.74, 6) is -0.0181. The minimum Gasteiger partial charge on any atom is -0.398 e. The molecular weight excluding hydrogens is 238 g/mol. The molecule has 2 N–H and O–H groups in total. The van der Waals surface area contributed by atoms with E-state index in [1.165, 1.54) is 6.07 Å². The molecule has 6 heteroatoms. The van der Waals surface area contributed by atoms with Gasteiger partial charge in [-0.2, -0.15) is 13.2 Å². The van der Waals surface area contributed by atoms with E-state index in [2.05, 4.69) is 0 Å². The highest BCUT2D eigenvalue weighted by atomic mass is 35.5. The van der Waals surface area contributed by atoms with Crippen LogP contribution in [-0.4, -0.2) is 0 Å². The first-order chi connectivity index (χ1) is 5.95. The highest BCUT2D eigenvalue weighted by molar-refractivity contribution is 6.17. The third kappa shape index (κ3) is 2.96. The fraction of sp³-hybridized carbons (Fsp3) is 0.250. The van der Waals surface area contributed by atoms with E-state index >= 15 is 0 Å². The number of alkyl halides is 4. The summed E-state index contributed by atoms with van der Waals surface area (Å²) in [6, 6.07) is 3.11. The van der Waals surface area contributed by atoms with Crippen LogP contribution in [0.4, 0.5) is 18.9 Å². The van der Waals surface area contributed by atoms with Crippen molar-refractivity contribution in [1.82, 2.24) is 0 Å². The van der Waals surface area contributed by atoms with Crippen molar-refractivity contribution >= 4 is 29.7 Å². The van der Waals surface area contributed by atoms with Gasteiger partial charge in [-0.1, -0.05) is 0 Å². The average Bonchev–Trinajstić information content (AvgIpc) is 2.03. The molecule has 1 aromatic carbocycles. The average molecular weight is 246 g/mol. The van der Waals surface area contributed by atoms with Crippen molar-refractivity contribution in [3.8, 4) is 0 Å². The lowest BCUT2D eigenvalue weighted by Crippen LogP contribution is -2.06. The van der Waals surface area contributed by atoms with Gasteiger partial charge in [-0.15, -0.1) is 24.0 Å². The Bertz CT molecular complexity index is 312. The number of nitrogens with two attached hydrogens (primary N) is 1.